The molecule has 7 heteroatoms. The van der Waals surface area contributed by atoms with Gasteiger partial charge in [-0.15, -0.1) is 0 Å². The molecule has 1 aromatic carbocycles. The molecule has 0 fully saturated rings. The average molecular weight is 253 g/mol. The molecular formula is C6H7CuNO4S. The molecule has 0 aliphatic heterocycles. The molecule has 5 nitrogen and oxygen atoms in total. The number of hydrogen-bond acceptors (Lipinski definition) is 5. The van der Waals surface area contributed by atoms with Crippen molar-refractivity contribution >= 4 is 16.1 Å². The third-order valence-corrected chi connectivity index (χ3v) is 0.800. The quantitative estimate of drug-likeness (QED) is 0.301. The summed E-state index contributed by atoms with van der Waals surface area (Å²) in [6.45, 7) is 0. The molecule has 0 spiro atoms. The molecule has 13 heavy (non-hydrogen) atoms. The van der Waals surface area contributed by atoms with Crippen molar-refractivity contribution in [3.63, 3.8) is 0 Å². The zero-order valence-electron chi connectivity index (χ0n) is 6.31. The van der Waals surface area contributed by atoms with Crippen LogP contribution < -0.4 is 5.73 Å². The van der Waals surface area contributed by atoms with Crippen molar-refractivity contribution in [3.8, 4) is 0 Å². The number of hydrogen-bond donors (Lipinski definition) is 1. The van der Waals surface area contributed by atoms with Crippen LogP contribution in [0.15, 0.2) is 30.3 Å². The fraction of sp³-hybridized carbons (Fsp3) is 0. The SMILES string of the molecule is Nc1ccccc1.O=S(=O)([O-])[O-].[Cu+2]. The zero-order valence-corrected chi connectivity index (χ0v) is 8.07. The summed E-state index contributed by atoms with van der Waals surface area (Å²) in [5, 5.41) is 0. The molecular weight excluding hydrogens is 246 g/mol. The Morgan fingerprint density at radius 1 is 1.08 bits per heavy atom. The summed E-state index contributed by atoms with van der Waals surface area (Å²) in [5.74, 6) is 0. The normalized spacial score (nSPS) is 9.08. The van der Waals surface area contributed by atoms with Crippen molar-refractivity contribution in [2.75, 3.05) is 5.73 Å². The fourth-order valence-electron chi connectivity index (χ4n) is 0.453. The van der Waals surface area contributed by atoms with Crippen LogP contribution in [0.3, 0.4) is 0 Å². The second-order valence-corrected chi connectivity index (χ2v) is 2.64. The summed E-state index contributed by atoms with van der Waals surface area (Å²) in [5.41, 5.74) is 6.18. The minimum absolute atomic E-state index is 0. The Morgan fingerprint density at radius 2 is 1.38 bits per heavy atom. The Morgan fingerprint density at radius 3 is 1.54 bits per heavy atom. The van der Waals surface area contributed by atoms with Crippen LogP contribution in [0, 0.1) is 0 Å². The van der Waals surface area contributed by atoms with E-state index in [0.717, 1.165) is 5.69 Å². The number of anilines is 1. The van der Waals surface area contributed by atoms with Crippen LogP contribution in [-0.4, -0.2) is 17.5 Å². The summed E-state index contributed by atoms with van der Waals surface area (Å²) in [6, 6.07) is 9.49. The van der Waals surface area contributed by atoms with Gasteiger partial charge in [0.25, 0.3) is 0 Å². The molecule has 0 aliphatic carbocycles. The van der Waals surface area contributed by atoms with Gasteiger partial charge in [-0.05, 0) is 12.1 Å². The Bertz CT molecular complexity index is 305. The maximum Gasteiger partial charge on any atom is 2.00 e. The molecule has 0 aromatic heterocycles. The molecule has 1 radical (unpaired) electrons. The smallest absolute Gasteiger partial charge is 0.759 e. The molecule has 2 N–H and O–H groups in total. The number of nitrogen functional groups attached to an aromatic ring is 1. The summed E-state index contributed by atoms with van der Waals surface area (Å²) < 4.78 is 34.1. The van der Waals surface area contributed by atoms with Crippen LogP contribution in [0.2, 0.25) is 0 Å². The van der Waals surface area contributed by atoms with Gasteiger partial charge in [-0.2, -0.15) is 0 Å². The van der Waals surface area contributed by atoms with Crippen molar-refractivity contribution in [1.29, 1.82) is 0 Å². The zero-order chi connectivity index (χ0) is 9.61. The van der Waals surface area contributed by atoms with Gasteiger partial charge in [0.15, 0.2) is 0 Å². The largest absolute Gasteiger partial charge is 2.00 e. The van der Waals surface area contributed by atoms with Crippen molar-refractivity contribution in [2.45, 2.75) is 0 Å². The Hall–Kier alpha value is -0.591. The molecule has 0 heterocycles. The van der Waals surface area contributed by atoms with E-state index in [-0.39, 0.29) is 17.1 Å². The maximum atomic E-state index is 8.52. The molecule has 1 aromatic rings. The van der Waals surface area contributed by atoms with Crippen LogP contribution in [0.25, 0.3) is 0 Å². The minimum atomic E-state index is -5.17. The van der Waals surface area contributed by atoms with Crippen molar-refractivity contribution in [1.82, 2.24) is 0 Å². The molecule has 0 bridgehead atoms. The van der Waals surface area contributed by atoms with Gasteiger partial charge in [-0.1, -0.05) is 18.2 Å². The van der Waals surface area contributed by atoms with Gasteiger partial charge in [-0.3, -0.25) is 8.42 Å². The van der Waals surface area contributed by atoms with Gasteiger partial charge in [0.1, 0.15) is 0 Å². The van der Waals surface area contributed by atoms with Gasteiger partial charge in [0.2, 0.25) is 0 Å². The van der Waals surface area contributed by atoms with Gasteiger partial charge >= 0.3 is 17.1 Å². The van der Waals surface area contributed by atoms with Gasteiger partial charge in [0.05, 0.1) is 0 Å². The van der Waals surface area contributed by atoms with Gasteiger partial charge in [0, 0.05) is 16.1 Å². The summed E-state index contributed by atoms with van der Waals surface area (Å²) >= 11 is 0. The standard InChI is InChI=1S/C6H7N.Cu.H2O4S/c7-6-4-2-1-3-5-6;;1-5(2,3)4/h1-5H,7H2;;(H2,1,2,3,4)/q;+2;/p-2. The Labute approximate surface area is 87.0 Å². The first-order valence-corrected chi connectivity index (χ1v) is 4.20. The first-order chi connectivity index (χ1) is 5.39. The summed E-state index contributed by atoms with van der Waals surface area (Å²) in [6.07, 6.45) is 0. The van der Waals surface area contributed by atoms with Crippen LogP contribution in [0.1, 0.15) is 0 Å². The molecule has 0 atom stereocenters. The Balaban J connectivity index is 0. The number of nitrogens with two attached hydrogens (primary N) is 1. The van der Waals surface area contributed by atoms with E-state index in [1.165, 1.54) is 0 Å². The third kappa shape index (κ3) is 18.4. The van der Waals surface area contributed by atoms with E-state index in [0.29, 0.717) is 0 Å². The Kier molecular flexibility index (Phi) is 7.88. The molecule has 0 amide bonds. The molecule has 0 aliphatic rings. The van der Waals surface area contributed by atoms with Crippen molar-refractivity contribution < 1.29 is 34.6 Å². The molecule has 0 saturated carbocycles. The van der Waals surface area contributed by atoms with E-state index in [2.05, 4.69) is 0 Å². The van der Waals surface area contributed by atoms with Crippen LogP contribution in [0.5, 0.6) is 0 Å². The molecule has 0 unspecified atom stereocenters. The summed E-state index contributed by atoms with van der Waals surface area (Å²) in [4.78, 5) is 0. The summed E-state index contributed by atoms with van der Waals surface area (Å²) in [7, 11) is -5.17. The van der Waals surface area contributed by atoms with E-state index in [9.17, 15) is 0 Å². The fourth-order valence-corrected chi connectivity index (χ4v) is 0.453. The van der Waals surface area contributed by atoms with Gasteiger partial charge < -0.3 is 14.8 Å². The van der Waals surface area contributed by atoms with Crippen molar-refractivity contribution in [2.24, 2.45) is 0 Å². The molecule has 77 valence electrons. The van der Waals surface area contributed by atoms with E-state index in [1.807, 2.05) is 30.3 Å². The third-order valence-electron chi connectivity index (χ3n) is 0.800. The van der Waals surface area contributed by atoms with E-state index in [1.54, 1.807) is 0 Å². The number of rotatable bonds is 0. The average Bonchev–Trinajstić information content (AvgIpc) is 1.85. The number of para-hydroxylation sites is 1. The molecule has 1 rings (SSSR count). The molecule has 0 saturated heterocycles. The van der Waals surface area contributed by atoms with E-state index in [4.69, 9.17) is 23.3 Å². The minimum Gasteiger partial charge on any atom is -0.759 e. The first kappa shape index (κ1) is 14.9. The first-order valence-electron chi connectivity index (χ1n) is 2.87. The van der Waals surface area contributed by atoms with Crippen LogP contribution >= 0.6 is 0 Å². The maximum absolute atomic E-state index is 8.52. The second-order valence-electron chi connectivity index (χ2n) is 1.82. The van der Waals surface area contributed by atoms with Crippen molar-refractivity contribution in [3.05, 3.63) is 30.3 Å². The predicted octanol–water partition coefficient (Wildman–Crippen LogP) is -0.0717. The van der Waals surface area contributed by atoms with E-state index < -0.39 is 10.4 Å². The van der Waals surface area contributed by atoms with Gasteiger partial charge in [-0.25, -0.2) is 0 Å². The second kappa shape index (κ2) is 6.88. The van der Waals surface area contributed by atoms with Crippen LogP contribution in [0.4, 0.5) is 5.69 Å². The predicted molar refractivity (Wildman–Crippen MR) is 41.3 cm³/mol. The number of benzene rings is 1. The van der Waals surface area contributed by atoms with E-state index >= 15 is 0 Å². The van der Waals surface area contributed by atoms with Crippen LogP contribution in [-0.2, 0) is 27.5 Å². The topological polar surface area (TPSA) is 106 Å². The monoisotopic (exact) mass is 252 g/mol.